The lowest BCUT2D eigenvalue weighted by Crippen LogP contribution is -2.24. The van der Waals surface area contributed by atoms with Crippen LogP contribution in [-0.2, 0) is 6.54 Å². The van der Waals surface area contributed by atoms with E-state index in [1.54, 1.807) is 30.1 Å². The second kappa shape index (κ2) is 6.45. The molecule has 0 saturated carbocycles. The van der Waals surface area contributed by atoms with Crippen LogP contribution in [0.2, 0.25) is 5.02 Å². The maximum absolute atomic E-state index is 13.9. The minimum Gasteiger partial charge on any atom is -0.409 e. The van der Waals surface area contributed by atoms with Crippen LogP contribution in [0.5, 0.6) is 0 Å². The van der Waals surface area contributed by atoms with Gasteiger partial charge in [0.2, 0.25) is 0 Å². The summed E-state index contributed by atoms with van der Waals surface area (Å²) in [6, 6.07) is 11.9. The van der Waals surface area contributed by atoms with Gasteiger partial charge in [-0.1, -0.05) is 41.0 Å². The van der Waals surface area contributed by atoms with Crippen molar-refractivity contribution >= 4 is 23.1 Å². The first-order valence-corrected chi connectivity index (χ1v) is 6.63. The van der Waals surface area contributed by atoms with Crippen LogP contribution in [0.4, 0.5) is 10.1 Å². The highest BCUT2D eigenvalue weighted by Gasteiger charge is 2.16. The third kappa shape index (κ3) is 3.25. The maximum atomic E-state index is 13.9. The third-order valence-electron chi connectivity index (χ3n) is 3.13. The Morgan fingerprint density at radius 3 is 2.67 bits per heavy atom. The number of nitrogens with zero attached hydrogens (tertiary/aromatic N) is 2. The van der Waals surface area contributed by atoms with Crippen molar-refractivity contribution in [2.24, 2.45) is 10.9 Å². The van der Waals surface area contributed by atoms with E-state index in [0.717, 1.165) is 5.56 Å². The van der Waals surface area contributed by atoms with E-state index >= 15 is 0 Å². The summed E-state index contributed by atoms with van der Waals surface area (Å²) in [5, 5.41) is 12.3. The van der Waals surface area contributed by atoms with Crippen molar-refractivity contribution in [2.75, 3.05) is 11.9 Å². The van der Waals surface area contributed by atoms with E-state index in [0.29, 0.717) is 17.3 Å². The molecular weight excluding hydrogens is 293 g/mol. The van der Waals surface area contributed by atoms with Gasteiger partial charge in [-0.2, -0.15) is 0 Å². The van der Waals surface area contributed by atoms with Crippen molar-refractivity contribution in [3.8, 4) is 0 Å². The SMILES string of the molecule is CN(Cc1ccccc1Cl)c1cccc(F)c1C(N)=NO. The number of anilines is 1. The molecular formula is C15H15ClFN3O. The van der Waals surface area contributed by atoms with Crippen molar-refractivity contribution < 1.29 is 9.60 Å². The van der Waals surface area contributed by atoms with Crippen molar-refractivity contribution in [2.45, 2.75) is 6.54 Å². The summed E-state index contributed by atoms with van der Waals surface area (Å²) < 4.78 is 13.9. The smallest absolute Gasteiger partial charge is 0.175 e. The average Bonchev–Trinajstić information content (AvgIpc) is 2.48. The molecule has 110 valence electrons. The van der Waals surface area contributed by atoms with Crippen molar-refractivity contribution in [3.63, 3.8) is 0 Å². The molecule has 6 heteroatoms. The van der Waals surface area contributed by atoms with Crippen molar-refractivity contribution in [1.82, 2.24) is 0 Å². The fourth-order valence-electron chi connectivity index (χ4n) is 2.10. The molecule has 0 amide bonds. The molecule has 0 aliphatic heterocycles. The van der Waals surface area contributed by atoms with Gasteiger partial charge in [0.25, 0.3) is 0 Å². The number of halogens is 2. The molecule has 3 N–H and O–H groups in total. The highest BCUT2D eigenvalue weighted by Crippen LogP contribution is 2.25. The summed E-state index contributed by atoms with van der Waals surface area (Å²) in [5.74, 6) is -0.817. The fraction of sp³-hybridized carbons (Fsp3) is 0.133. The van der Waals surface area contributed by atoms with Crippen LogP contribution >= 0.6 is 11.6 Å². The summed E-state index contributed by atoms with van der Waals surface area (Å²) in [6.45, 7) is 0.467. The predicted molar refractivity (Wildman–Crippen MR) is 82.5 cm³/mol. The van der Waals surface area contributed by atoms with Gasteiger partial charge >= 0.3 is 0 Å². The highest BCUT2D eigenvalue weighted by molar-refractivity contribution is 6.31. The molecule has 4 nitrogen and oxygen atoms in total. The monoisotopic (exact) mass is 307 g/mol. The van der Waals surface area contributed by atoms with E-state index in [4.69, 9.17) is 22.5 Å². The quantitative estimate of drug-likeness (QED) is 0.394. The molecule has 0 atom stereocenters. The minimum absolute atomic E-state index is 0.0644. The van der Waals surface area contributed by atoms with Crippen LogP contribution in [0.15, 0.2) is 47.6 Å². The lowest BCUT2D eigenvalue weighted by Gasteiger charge is -2.23. The Morgan fingerprint density at radius 1 is 1.29 bits per heavy atom. The summed E-state index contributed by atoms with van der Waals surface area (Å²) in [4.78, 5) is 1.79. The molecule has 2 rings (SSSR count). The topological polar surface area (TPSA) is 61.8 Å². The van der Waals surface area contributed by atoms with Gasteiger partial charge in [-0.05, 0) is 23.8 Å². The van der Waals surface area contributed by atoms with Crippen LogP contribution in [0.25, 0.3) is 0 Å². The van der Waals surface area contributed by atoms with E-state index in [1.165, 1.54) is 6.07 Å². The Bertz CT molecular complexity index is 676. The first-order valence-electron chi connectivity index (χ1n) is 6.25. The van der Waals surface area contributed by atoms with Gasteiger partial charge < -0.3 is 15.8 Å². The molecule has 0 aliphatic rings. The predicted octanol–water partition coefficient (Wildman–Crippen LogP) is 3.21. The van der Waals surface area contributed by atoms with Gasteiger partial charge in [-0.15, -0.1) is 0 Å². The number of oxime groups is 1. The van der Waals surface area contributed by atoms with E-state index in [9.17, 15) is 4.39 Å². The molecule has 0 saturated heterocycles. The molecule has 0 heterocycles. The summed E-state index contributed by atoms with van der Waals surface area (Å²) in [7, 11) is 1.78. The normalized spacial score (nSPS) is 11.5. The fourth-order valence-corrected chi connectivity index (χ4v) is 2.30. The lowest BCUT2D eigenvalue weighted by atomic mass is 10.1. The van der Waals surface area contributed by atoms with Gasteiger partial charge in [0.05, 0.1) is 11.3 Å². The van der Waals surface area contributed by atoms with E-state index in [-0.39, 0.29) is 11.4 Å². The first-order chi connectivity index (χ1) is 10.0. The Kier molecular flexibility index (Phi) is 4.65. The van der Waals surface area contributed by atoms with Gasteiger partial charge in [0.1, 0.15) is 5.82 Å². The molecule has 0 radical (unpaired) electrons. The van der Waals surface area contributed by atoms with Crippen LogP contribution in [-0.4, -0.2) is 18.1 Å². The molecule has 0 fully saturated rings. The standard InChI is InChI=1S/C15H15ClFN3O/c1-20(9-10-5-2-3-6-11(10)16)13-8-4-7-12(17)14(13)15(18)19-21/h2-8,21H,9H2,1H3,(H2,18,19). The van der Waals surface area contributed by atoms with Crippen LogP contribution in [0.1, 0.15) is 11.1 Å². The van der Waals surface area contributed by atoms with Crippen LogP contribution in [0, 0.1) is 5.82 Å². The first kappa shape index (κ1) is 15.1. The molecule has 0 unspecified atom stereocenters. The number of benzene rings is 2. The highest BCUT2D eigenvalue weighted by atomic mass is 35.5. The van der Waals surface area contributed by atoms with Gasteiger partial charge in [-0.3, -0.25) is 0 Å². The summed E-state index contributed by atoms with van der Waals surface area (Å²) in [6.07, 6.45) is 0. The number of nitrogens with two attached hydrogens (primary N) is 1. The molecule has 21 heavy (non-hydrogen) atoms. The number of rotatable bonds is 4. The Morgan fingerprint density at radius 2 is 2.00 bits per heavy atom. The van der Waals surface area contributed by atoms with Gasteiger partial charge in [-0.25, -0.2) is 4.39 Å². The minimum atomic E-state index is -0.547. The maximum Gasteiger partial charge on any atom is 0.175 e. The molecule has 2 aromatic rings. The molecule has 0 spiro atoms. The van der Waals surface area contributed by atoms with E-state index in [2.05, 4.69) is 5.16 Å². The third-order valence-corrected chi connectivity index (χ3v) is 3.50. The van der Waals surface area contributed by atoms with Crippen LogP contribution in [0.3, 0.4) is 0 Å². The molecule has 2 aromatic carbocycles. The zero-order valence-corrected chi connectivity index (χ0v) is 12.2. The van der Waals surface area contributed by atoms with Gasteiger partial charge in [0, 0.05) is 18.6 Å². The van der Waals surface area contributed by atoms with Crippen LogP contribution < -0.4 is 10.6 Å². The zero-order valence-electron chi connectivity index (χ0n) is 11.4. The summed E-state index contributed by atoms with van der Waals surface area (Å²) >= 11 is 6.13. The largest absolute Gasteiger partial charge is 0.409 e. The van der Waals surface area contributed by atoms with Crippen molar-refractivity contribution in [1.29, 1.82) is 0 Å². The van der Waals surface area contributed by atoms with Crippen molar-refractivity contribution in [3.05, 3.63) is 64.4 Å². The average molecular weight is 308 g/mol. The molecule has 0 bridgehead atoms. The molecule has 0 aliphatic carbocycles. The Hall–Kier alpha value is -2.27. The van der Waals surface area contributed by atoms with E-state index in [1.807, 2.05) is 18.2 Å². The number of hydrogen-bond donors (Lipinski definition) is 2. The van der Waals surface area contributed by atoms with E-state index < -0.39 is 5.82 Å². The second-order valence-corrected chi connectivity index (χ2v) is 4.97. The number of hydrogen-bond acceptors (Lipinski definition) is 3. The zero-order chi connectivity index (χ0) is 15.4. The molecule has 0 aromatic heterocycles. The second-order valence-electron chi connectivity index (χ2n) is 4.57. The lowest BCUT2D eigenvalue weighted by molar-refractivity contribution is 0.318. The Balaban J connectivity index is 2.38. The van der Waals surface area contributed by atoms with Gasteiger partial charge in [0.15, 0.2) is 5.84 Å². The Labute approximate surface area is 127 Å². The summed E-state index contributed by atoms with van der Waals surface area (Å²) in [5.41, 5.74) is 7.05. The number of amidine groups is 1.